The molecule has 0 amide bonds. The van der Waals surface area contributed by atoms with E-state index in [2.05, 4.69) is 14.9 Å². The predicted octanol–water partition coefficient (Wildman–Crippen LogP) is 1.53. The standard InChI is InChI=1S/C15H19N3O2/c19-13-5-1-4-12-11(13)7-16-15(17-12)14-8-18-6-2-3-10(18)9-20-14/h7,10,14H,1-6,8-9H2. The van der Waals surface area contributed by atoms with Gasteiger partial charge in [0.2, 0.25) is 0 Å². The quantitative estimate of drug-likeness (QED) is 0.776. The highest BCUT2D eigenvalue weighted by molar-refractivity contribution is 5.97. The van der Waals surface area contributed by atoms with Crippen LogP contribution in [-0.4, -0.2) is 46.4 Å². The summed E-state index contributed by atoms with van der Waals surface area (Å²) >= 11 is 0. The molecular formula is C15H19N3O2. The van der Waals surface area contributed by atoms with Crippen LogP contribution < -0.4 is 0 Å². The molecular weight excluding hydrogens is 254 g/mol. The number of Topliss-reactive ketones (excluding diaryl/α,β-unsaturated/α-hetero) is 1. The number of aromatic nitrogens is 2. The van der Waals surface area contributed by atoms with Crippen molar-refractivity contribution in [2.24, 2.45) is 0 Å². The first kappa shape index (κ1) is 12.4. The number of carbonyl (C=O) groups excluding carboxylic acids is 1. The first-order valence-corrected chi connectivity index (χ1v) is 7.56. The van der Waals surface area contributed by atoms with E-state index < -0.39 is 0 Å². The molecule has 4 rings (SSSR count). The zero-order valence-corrected chi connectivity index (χ0v) is 11.5. The molecule has 0 spiro atoms. The Bertz CT molecular complexity index is 546. The second kappa shape index (κ2) is 4.90. The van der Waals surface area contributed by atoms with Gasteiger partial charge >= 0.3 is 0 Å². The summed E-state index contributed by atoms with van der Waals surface area (Å²) in [7, 11) is 0. The first-order chi connectivity index (χ1) is 9.81. The average Bonchev–Trinajstić information content (AvgIpc) is 2.94. The molecule has 1 aliphatic carbocycles. The first-order valence-electron chi connectivity index (χ1n) is 7.56. The van der Waals surface area contributed by atoms with Gasteiger partial charge in [-0.2, -0.15) is 0 Å². The maximum absolute atomic E-state index is 11.8. The Morgan fingerprint density at radius 3 is 3.20 bits per heavy atom. The molecule has 5 nitrogen and oxygen atoms in total. The van der Waals surface area contributed by atoms with Gasteiger partial charge in [-0.15, -0.1) is 0 Å². The van der Waals surface area contributed by atoms with Crippen molar-refractivity contribution in [2.75, 3.05) is 19.7 Å². The van der Waals surface area contributed by atoms with Crippen molar-refractivity contribution in [3.8, 4) is 0 Å². The summed E-state index contributed by atoms with van der Waals surface area (Å²) in [6.45, 7) is 2.83. The molecule has 1 aromatic rings. The lowest BCUT2D eigenvalue weighted by molar-refractivity contribution is -0.0542. The second-order valence-electron chi connectivity index (χ2n) is 5.98. The molecule has 0 N–H and O–H groups in total. The summed E-state index contributed by atoms with van der Waals surface area (Å²) in [6, 6.07) is 0.588. The minimum absolute atomic E-state index is 0.0355. The van der Waals surface area contributed by atoms with Gasteiger partial charge in [0.25, 0.3) is 0 Å². The predicted molar refractivity (Wildman–Crippen MR) is 72.6 cm³/mol. The lowest BCUT2D eigenvalue weighted by Crippen LogP contribution is -2.43. The summed E-state index contributed by atoms with van der Waals surface area (Å²) in [5.41, 5.74) is 1.63. The Hall–Kier alpha value is -1.33. The normalized spacial score (nSPS) is 30.1. The fourth-order valence-electron chi connectivity index (χ4n) is 3.54. The van der Waals surface area contributed by atoms with Crippen molar-refractivity contribution < 1.29 is 9.53 Å². The zero-order valence-electron chi connectivity index (χ0n) is 11.5. The van der Waals surface area contributed by atoms with Crippen LogP contribution in [0, 0.1) is 0 Å². The third-order valence-electron chi connectivity index (χ3n) is 4.68. The van der Waals surface area contributed by atoms with Crippen molar-refractivity contribution in [3.63, 3.8) is 0 Å². The van der Waals surface area contributed by atoms with E-state index in [9.17, 15) is 4.79 Å². The van der Waals surface area contributed by atoms with Crippen molar-refractivity contribution in [1.82, 2.24) is 14.9 Å². The number of morpholine rings is 1. The number of rotatable bonds is 1. The fourth-order valence-corrected chi connectivity index (χ4v) is 3.54. The number of nitrogens with zero attached hydrogens (tertiary/aromatic N) is 3. The Morgan fingerprint density at radius 2 is 2.25 bits per heavy atom. The third-order valence-corrected chi connectivity index (χ3v) is 4.68. The van der Waals surface area contributed by atoms with Crippen LogP contribution in [-0.2, 0) is 11.2 Å². The molecule has 2 fully saturated rings. The van der Waals surface area contributed by atoms with Crippen molar-refractivity contribution in [3.05, 3.63) is 23.3 Å². The van der Waals surface area contributed by atoms with Crippen molar-refractivity contribution in [1.29, 1.82) is 0 Å². The van der Waals surface area contributed by atoms with Crippen LogP contribution in [0.4, 0.5) is 0 Å². The van der Waals surface area contributed by atoms with Crippen LogP contribution in [0.2, 0.25) is 0 Å². The molecule has 2 atom stereocenters. The van der Waals surface area contributed by atoms with Gasteiger partial charge in [0, 0.05) is 25.2 Å². The SMILES string of the molecule is O=C1CCCc2nc(C3CN4CCCC4CO3)ncc21. The third kappa shape index (κ3) is 2.05. The van der Waals surface area contributed by atoms with Gasteiger partial charge in [0.1, 0.15) is 6.10 Å². The fraction of sp³-hybridized carbons (Fsp3) is 0.667. The highest BCUT2D eigenvalue weighted by Crippen LogP contribution is 2.29. The van der Waals surface area contributed by atoms with E-state index >= 15 is 0 Å². The largest absolute Gasteiger partial charge is 0.367 e. The van der Waals surface area contributed by atoms with Crippen LogP contribution in [0.1, 0.15) is 53.7 Å². The molecule has 3 heterocycles. The highest BCUT2D eigenvalue weighted by atomic mass is 16.5. The minimum Gasteiger partial charge on any atom is -0.367 e. The van der Waals surface area contributed by atoms with E-state index in [0.717, 1.165) is 49.6 Å². The molecule has 5 heteroatoms. The lowest BCUT2D eigenvalue weighted by Gasteiger charge is -2.34. The van der Waals surface area contributed by atoms with Crippen LogP contribution in [0.5, 0.6) is 0 Å². The molecule has 2 saturated heterocycles. The van der Waals surface area contributed by atoms with E-state index in [1.54, 1.807) is 6.20 Å². The van der Waals surface area contributed by atoms with Crippen LogP contribution in [0.25, 0.3) is 0 Å². The summed E-state index contributed by atoms with van der Waals surface area (Å²) in [4.78, 5) is 23.3. The molecule has 0 saturated carbocycles. The number of aryl methyl sites for hydroxylation is 1. The summed E-state index contributed by atoms with van der Waals surface area (Å²) in [6.07, 6.45) is 6.60. The van der Waals surface area contributed by atoms with Gasteiger partial charge in [0.05, 0.1) is 17.9 Å². The van der Waals surface area contributed by atoms with Crippen LogP contribution in [0.15, 0.2) is 6.20 Å². The average molecular weight is 273 g/mol. The number of ketones is 1. The van der Waals surface area contributed by atoms with Gasteiger partial charge in [0.15, 0.2) is 11.6 Å². The zero-order chi connectivity index (χ0) is 13.5. The molecule has 0 aromatic carbocycles. The maximum atomic E-state index is 11.8. The Kier molecular flexibility index (Phi) is 3.04. The summed E-state index contributed by atoms with van der Waals surface area (Å²) in [5, 5.41) is 0. The van der Waals surface area contributed by atoms with Gasteiger partial charge in [-0.3, -0.25) is 9.69 Å². The Labute approximate surface area is 118 Å². The monoisotopic (exact) mass is 273 g/mol. The molecule has 3 aliphatic rings. The van der Waals surface area contributed by atoms with Gasteiger partial charge < -0.3 is 4.74 Å². The van der Waals surface area contributed by atoms with E-state index in [0.29, 0.717) is 12.5 Å². The molecule has 2 unspecified atom stereocenters. The molecule has 106 valence electrons. The Balaban J connectivity index is 1.58. The van der Waals surface area contributed by atoms with E-state index in [4.69, 9.17) is 4.74 Å². The Morgan fingerprint density at radius 1 is 1.30 bits per heavy atom. The summed E-state index contributed by atoms with van der Waals surface area (Å²) in [5.74, 6) is 0.936. The van der Waals surface area contributed by atoms with E-state index in [-0.39, 0.29) is 11.9 Å². The molecule has 1 aromatic heterocycles. The minimum atomic E-state index is -0.0355. The van der Waals surface area contributed by atoms with E-state index in [1.807, 2.05) is 0 Å². The topological polar surface area (TPSA) is 55.3 Å². The van der Waals surface area contributed by atoms with E-state index in [1.165, 1.54) is 12.8 Å². The number of hydrogen-bond acceptors (Lipinski definition) is 5. The summed E-state index contributed by atoms with van der Waals surface area (Å²) < 4.78 is 5.94. The second-order valence-corrected chi connectivity index (χ2v) is 5.98. The lowest BCUT2D eigenvalue weighted by atomic mass is 9.96. The van der Waals surface area contributed by atoms with Crippen molar-refractivity contribution in [2.45, 2.75) is 44.2 Å². The number of hydrogen-bond donors (Lipinski definition) is 0. The van der Waals surface area contributed by atoms with Gasteiger partial charge in [-0.1, -0.05) is 0 Å². The highest BCUT2D eigenvalue weighted by Gasteiger charge is 2.34. The maximum Gasteiger partial charge on any atom is 0.166 e. The number of carbonyl (C=O) groups is 1. The van der Waals surface area contributed by atoms with Crippen LogP contribution in [0.3, 0.4) is 0 Å². The van der Waals surface area contributed by atoms with Crippen LogP contribution >= 0.6 is 0 Å². The van der Waals surface area contributed by atoms with Gasteiger partial charge in [-0.05, 0) is 32.2 Å². The molecule has 0 radical (unpaired) electrons. The molecule has 0 bridgehead atoms. The number of ether oxygens (including phenoxy) is 1. The molecule has 20 heavy (non-hydrogen) atoms. The molecule has 2 aliphatic heterocycles. The smallest absolute Gasteiger partial charge is 0.166 e. The van der Waals surface area contributed by atoms with Crippen molar-refractivity contribution >= 4 is 5.78 Å². The number of fused-ring (bicyclic) bond motifs is 2. The van der Waals surface area contributed by atoms with Gasteiger partial charge in [-0.25, -0.2) is 9.97 Å².